The fraction of sp³-hybridized carbons (Fsp3) is 0.684. The molecular formula is C38H61N5O9. The third-order valence-electron chi connectivity index (χ3n) is 8.36. The Labute approximate surface area is 308 Å². The van der Waals surface area contributed by atoms with Crippen LogP contribution in [0.5, 0.6) is 0 Å². The molecule has 0 radical (unpaired) electrons. The van der Waals surface area contributed by atoms with Crippen LogP contribution >= 0.6 is 0 Å². The SMILES string of the molecule is CCCCC(NC(=O)[C@@H]1C[C@@H](OC(C)(C)C)CN1C(=O)[C@@H](NC(=O)OCC(C)C)C(C)(C)C)C(=O)C(=O)NCC(=O)N[C@@H](c1ccccc1)[C@@H](C)O. The molecule has 1 heterocycles. The van der Waals surface area contributed by atoms with Gasteiger partial charge >= 0.3 is 6.09 Å². The van der Waals surface area contributed by atoms with E-state index in [0.717, 1.165) is 0 Å². The van der Waals surface area contributed by atoms with Crippen molar-refractivity contribution in [3.05, 3.63) is 35.9 Å². The van der Waals surface area contributed by atoms with Crippen molar-refractivity contribution in [2.45, 2.75) is 137 Å². The van der Waals surface area contributed by atoms with E-state index in [0.29, 0.717) is 18.4 Å². The normalized spacial score (nSPS) is 18.5. The van der Waals surface area contributed by atoms with E-state index in [1.807, 2.05) is 41.5 Å². The molecule has 1 aliphatic heterocycles. The van der Waals surface area contributed by atoms with Crippen molar-refractivity contribution in [2.24, 2.45) is 11.3 Å². The number of amides is 5. The van der Waals surface area contributed by atoms with Crippen molar-refractivity contribution in [3.63, 3.8) is 0 Å². The fourth-order valence-corrected chi connectivity index (χ4v) is 5.81. The summed E-state index contributed by atoms with van der Waals surface area (Å²) in [6.07, 6.45) is -0.760. The number of benzene rings is 1. The highest BCUT2D eigenvalue weighted by atomic mass is 16.5. The number of Topliss-reactive ketones (excluding diaryl/α,β-unsaturated/α-hetero) is 1. The average molecular weight is 732 g/mol. The number of carbonyl (C=O) groups excluding carboxylic acids is 6. The lowest BCUT2D eigenvalue weighted by atomic mass is 9.85. The highest BCUT2D eigenvalue weighted by Crippen LogP contribution is 2.29. The van der Waals surface area contributed by atoms with Crippen LogP contribution in [-0.4, -0.2) is 101 Å². The molecule has 1 saturated heterocycles. The lowest BCUT2D eigenvalue weighted by Crippen LogP contribution is -2.59. The maximum atomic E-state index is 14.2. The molecule has 1 aromatic carbocycles. The number of ketones is 1. The van der Waals surface area contributed by atoms with Crippen LogP contribution < -0.4 is 21.3 Å². The Kier molecular flexibility index (Phi) is 16.7. The molecule has 5 N–H and O–H groups in total. The first-order chi connectivity index (χ1) is 24.1. The zero-order valence-corrected chi connectivity index (χ0v) is 32.5. The van der Waals surface area contributed by atoms with E-state index < -0.39 is 89.4 Å². The molecule has 52 heavy (non-hydrogen) atoms. The van der Waals surface area contributed by atoms with Crippen molar-refractivity contribution in [1.29, 1.82) is 0 Å². The summed E-state index contributed by atoms with van der Waals surface area (Å²) in [6, 6.07) is 4.75. The number of aliphatic hydroxyl groups excluding tert-OH is 1. The Morgan fingerprint density at radius 3 is 2.12 bits per heavy atom. The van der Waals surface area contributed by atoms with E-state index in [4.69, 9.17) is 9.47 Å². The molecule has 14 heteroatoms. The predicted octanol–water partition coefficient (Wildman–Crippen LogP) is 3.17. The van der Waals surface area contributed by atoms with Gasteiger partial charge in [0.25, 0.3) is 5.91 Å². The van der Waals surface area contributed by atoms with Gasteiger partial charge in [-0.15, -0.1) is 0 Å². The topological polar surface area (TPSA) is 192 Å². The molecule has 1 fully saturated rings. The van der Waals surface area contributed by atoms with Gasteiger partial charge in [-0.25, -0.2) is 4.79 Å². The van der Waals surface area contributed by atoms with Gasteiger partial charge in [-0.3, -0.25) is 24.0 Å². The Morgan fingerprint density at radius 2 is 1.58 bits per heavy atom. The van der Waals surface area contributed by atoms with Crippen molar-refractivity contribution >= 4 is 35.5 Å². The van der Waals surface area contributed by atoms with Gasteiger partial charge in [0.1, 0.15) is 12.1 Å². The minimum Gasteiger partial charge on any atom is -0.449 e. The van der Waals surface area contributed by atoms with Crippen molar-refractivity contribution in [2.75, 3.05) is 19.7 Å². The summed E-state index contributed by atoms with van der Waals surface area (Å²) < 4.78 is 11.5. The number of likely N-dealkylation sites (tertiary alicyclic amines) is 1. The number of alkyl carbamates (subject to hydrolysis) is 1. The van der Waals surface area contributed by atoms with Gasteiger partial charge < -0.3 is 40.7 Å². The minimum atomic E-state index is -1.23. The maximum Gasteiger partial charge on any atom is 0.407 e. The fourth-order valence-electron chi connectivity index (χ4n) is 5.81. The van der Waals surface area contributed by atoms with Crippen molar-refractivity contribution in [3.8, 4) is 0 Å². The van der Waals surface area contributed by atoms with Crippen LogP contribution in [0, 0.1) is 11.3 Å². The summed E-state index contributed by atoms with van der Waals surface area (Å²) >= 11 is 0. The van der Waals surface area contributed by atoms with Gasteiger partial charge in [0.15, 0.2) is 0 Å². The van der Waals surface area contributed by atoms with Gasteiger partial charge in [0, 0.05) is 13.0 Å². The number of rotatable bonds is 17. The van der Waals surface area contributed by atoms with Crippen molar-refractivity contribution in [1.82, 2.24) is 26.2 Å². The van der Waals surface area contributed by atoms with Crippen LogP contribution in [0.2, 0.25) is 0 Å². The van der Waals surface area contributed by atoms with Gasteiger partial charge in [-0.2, -0.15) is 0 Å². The second-order valence-electron chi connectivity index (χ2n) is 16.0. The molecule has 5 amide bonds. The first kappa shape index (κ1) is 44.1. The molecule has 14 nitrogen and oxygen atoms in total. The van der Waals surface area contributed by atoms with Crippen LogP contribution in [0.3, 0.4) is 0 Å². The molecule has 0 saturated carbocycles. The Hall–Kier alpha value is -4.04. The number of ether oxygens (including phenoxy) is 2. The molecule has 0 bridgehead atoms. The van der Waals surface area contributed by atoms with E-state index >= 15 is 0 Å². The molecule has 0 aliphatic carbocycles. The van der Waals surface area contributed by atoms with Gasteiger partial charge in [0.2, 0.25) is 23.5 Å². The predicted molar refractivity (Wildman–Crippen MR) is 196 cm³/mol. The zero-order chi connectivity index (χ0) is 39.4. The second kappa shape index (κ2) is 19.7. The van der Waals surface area contributed by atoms with Crippen LogP contribution in [0.4, 0.5) is 4.79 Å². The summed E-state index contributed by atoms with van der Waals surface area (Å²) in [7, 11) is 0. The summed E-state index contributed by atoms with van der Waals surface area (Å²) in [5.41, 5.74) is -0.688. The van der Waals surface area contributed by atoms with E-state index in [1.165, 1.54) is 11.8 Å². The van der Waals surface area contributed by atoms with E-state index in [9.17, 15) is 33.9 Å². The van der Waals surface area contributed by atoms with Crippen LogP contribution in [-0.2, 0) is 33.4 Å². The Bertz CT molecular complexity index is 1370. The largest absolute Gasteiger partial charge is 0.449 e. The molecule has 0 spiro atoms. The molecule has 1 aliphatic rings. The van der Waals surface area contributed by atoms with Crippen LogP contribution in [0.15, 0.2) is 30.3 Å². The average Bonchev–Trinajstić information content (AvgIpc) is 3.47. The molecule has 2 rings (SSSR count). The second-order valence-corrected chi connectivity index (χ2v) is 16.0. The zero-order valence-electron chi connectivity index (χ0n) is 32.5. The lowest BCUT2D eigenvalue weighted by molar-refractivity contribution is -0.144. The van der Waals surface area contributed by atoms with Gasteiger partial charge in [0.05, 0.1) is 43.0 Å². The first-order valence-electron chi connectivity index (χ1n) is 18.2. The summed E-state index contributed by atoms with van der Waals surface area (Å²) in [6.45, 7) is 17.8. The molecule has 292 valence electrons. The minimum absolute atomic E-state index is 0.0586. The molecule has 1 aromatic rings. The Morgan fingerprint density at radius 1 is 0.942 bits per heavy atom. The number of hydrogen-bond donors (Lipinski definition) is 5. The van der Waals surface area contributed by atoms with Gasteiger partial charge in [-0.05, 0) is 51.0 Å². The van der Waals surface area contributed by atoms with E-state index in [1.54, 1.807) is 51.1 Å². The molecule has 6 atom stereocenters. The smallest absolute Gasteiger partial charge is 0.407 e. The number of unbranched alkanes of at least 4 members (excludes halogenated alkanes) is 1. The van der Waals surface area contributed by atoms with Crippen molar-refractivity contribution < 1.29 is 43.3 Å². The first-order valence-corrected chi connectivity index (χ1v) is 18.2. The highest BCUT2D eigenvalue weighted by Gasteiger charge is 2.47. The highest BCUT2D eigenvalue weighted by molar-refractivity contribution is 6.38. The molecular weight excluding hydrogens is 670 g/mol. The number of nitrogens with one attached hydrogen (secondary N) is 4. The summed E-state index contributed by atoms with van der Waals surface area (Å²) in [5, 5.41) is 20.6. The third kappa shape index (κ3) is 14.2. The van der Waals surface area contributed by atoms with Crippen LogP contribution in [0.1, 0.15) is 107 Å². The third-order valence-corrected chi connectivity index (χ3v) is 8.36. The van der Waals surface area contributed by atoms with E-state index in [-0.39, 0.29) is 31.9 Å². The number of nitrogens with zero attached hydrogens (tertiary/aromatic N) is 1. The monoisotopic (exact) mass is 731 g/mol. The quantitative estimate of drug-likeness (QED) is 0.150. The summed E-state index contributed by atoms with van der Waals surface area (Å²) in [5.74, 6) is -3.70. The maximum absolute atomic E-state index is 14.2. The molecule has 0 aromatic heterocycles. The van der Waals surface area contributed by atoms with E-state index in [2.05, 4.69) is 21.3 Å². The Balaban J connectivity index is 2.25. The standard InChI is InChI=1S/C38H61N5O9/c1-11-12-18-27(31(46)34(48)39-20-29(45)41-30(24(4)44)25-16-14-13-15-17-25)40-33(47)28-19-26(52-38(8,9)10)21-43(28)35(49)32(37(5,6)7)42-36(50)51-22-23(2)3/h13-17,23-24,26-28,30,32,44H,11-12,18-22H2,1-10H3,(H,39,48)(H,40,47)(H,41,45)(H,42,50)/t24-,26-,27?,28+,30-,32-/m1/s1. The van der Waals surface area contributed by atoms with Gasteiger partial charge in [-0.1, -0.05) is 84.7 Å². The number of hydrogen-bond acceptors (Lipinski definition) is 9. The van der Waals surface area contributed by atoms with Crippen LogP contribution in [0.25, 0.3) is 0 Å². The number of carbonyl (C=O) groups is 6. The summed E-state index contributed by atoms with van der Waals surface area (Å²) in [4.78, 5) is 81.5. The lowest BCUT2D eigenvalue weighted by Gasteiger charge is -2.35. The molecule has 1 unspecified atom stereocenters. The number of aliphatic hydroxyl groups is 1.